The summed E-state index contributed by atoms with van der Waals surface area (Å²) in [6.07, 6.45) is 4.59. The molecular weight excluding hydrogens is 206 g/mol. The summed E-state index contributed by atoms with van der Waals surface area (Å²) >= 11 is 0. The van der Waals surface area contributed by atoms with Crippen molar-refractivity contribution in [3.63, 3.8) is 0 Å². The van der Waals surface area contributed by atoms with Crippen LogP contribution >= 0.6 is 0 Å². The molecule has 1 aromatic heterocycles. The van der Waals surface area contributed by atoms with Gasteiger partial charge in [-0.05, 0) is 13.3 Å². The maximum atomic E-state index is 5.82. The summed E-state index contributed by atoms with van der Waals surface area (Å²) in [4.78, 5) is 4.09. The molecule has 5 heteroatoms. The number of imidazole rings is 1. The molecule has 1 heterocycles. The van der Waals surface area contributed by atoms with Crippen LogP contribution < -0.4 is 5.73 Å². The first-order valence-electron chi connectivity index (χ1n) is 5.58. The van der Waals surface area contributed by atoms with E-state index in [1.807, 2.05) is 19.4 Å². The third kappa shape index (κ3) is 4.30. The van der Waals surface area contributed by atoms with Gasteiger partial charge in [-0.25, -0.2) is 4.98 Å². The van der Waals surface area contributed by atoms with Crippen LogP contribution in [0, 0.1) is 0 Å². The van der Waals surface area contributed by atoms with Crippen molar-refractivity contribution in [3.8, 4) is 0 Å². The fourth-order valence-electron chi connectivity index (χ4n) is 1.48. The minimum Gasteiger partial charge on any atom is -0.382 e. The summed E-state index contributed by atoms with van der Waals surface area (Å²) in [6.45, 7) is 4.89. The van der Waals surface area contributed by atoms with E-state index in [2.05, 4.69) is 9.55 Å². The van der Waals surface area contributed by atoms with E-state index in [1.54, 1.807) is 7.11 Å². The Labute approximate surface area is 96.6 Å². The number of aryl methyl sites for hydroxylation is 1. The molecule has 5 nitrogen and oxygen atoms in total. The van der Waals surface area contributed by atoms with Gasteiger partial charge in [-0.1, -0.05) is 0 Å². The first-order valence-corrected chi connectivity index (χ1v) is 5.58. The van der Waals surface area contributed by atoms with E-state index >= 15 is 0 Å². The molecule has 0 aliphatic heterocycles. The molecule has 0 aromatic carbocycles. The van der Waals surface area contributed by atoms with E-state index < -0.39 is 0 Å². The number of methoxy groups -OCH3 is 1. The number of rotatable bonds is 8. The molecule has 1 unspecified atom stereocenters. The molecule has 16 heavy (non-hydrogen) atoms. The van der Waals surface area contributed by atoms with Gasteiger partial charge < -0.3 is 19.8 Å². The lowest BCUT2D eigenvalue weighted by Gasteiger charge is -2.10. The molecule has 0 amide bonds. The molecule has 0 aliphatic rings. The van der Waals surface area contributed by atoms with Crippen LogP contribution in [-0.4, -0.2) is 36.5 Å². The quantitative estimate of drug-likeness (QED) is 0.672. The Morgan fingerprint density at radius 2 is 2.25 bits per heavy atom. The van der Waals surface area contributed by atoms with Gasteiger partial charge in [0.1, 0.15) is 0 Å². The minimum atomic E-state index is 0.0249. The second kappa shape index (κ2) is 7.38. The Morgan fingerprint density at radius 3 is 2.94 bits per heavy atom. The summed E-state index contributed by atoms with van der Waals surface area (Å²) in [7, 11) is 1.67. The van der Waals surface area contributed by atoms with Gasteiger partial charge in [0.25, 0.3) is 0 Å². The second-order valence-corrected chi connectivity index (χ2v) is 3.76. The zero-order chi connectivity index (χ0) is 11.8. The number of aromatic nitrogens is 2. The van der Waals surface area contributed by atoms with Gasteiger partial charge >= 0.3 is 0 Å². The summed E-state index contributed by atoms with van der Waals surface area (Å²) in [5.74, 6) is 0. The molecule has 1 rings (SSSR count). The third-order valence-electron chi connectivity index (χ3n) is 2.33. The molecule has 2 N–H and O–H groups in total. The van der Waals surface area contributed by atoms with Gasteiger partial charge in [0.15, 0.2) is 0 Å². The van der Waals surface area contributed by atoms with Crippen molar-refractivity contribution in [2.24, 2.45) is 5.73 Å². The molecule has 0 fully saturated rings. The van der Waals surface area contributed by atoms with Crippen molar-refractivity contribution in [3.05, 3.63) is 18.2 Å². The molecule has 1 atom stereocenters. The summed E-state index contributed by atoms with van der Waals surface area (Å²) in [5, 5.41) is 0. The summed E-state index contributed by atoms with van der Waals surface area (Å²) < 4.78 is 12.3. The highest BCUT2D eigenvalue weighted by molar-refractivity contribution is 5.02. The zero-order valence-corrected chi connectivity index (χ0v) is 10.1. The molecular formula is C11H21N3O2. The SMILES string of the molecule is COCCOCCCn1cncc1C(C)N. The maximum Gasteiger partial charge on any atom is 0.0948 e. The molecule has 0 bridgehead atoms. The highest BCUT2D eigenvalue weighted by Gasteiger charge is 2.05. The standard InChI is InChI=1S/C11H21N3O2/c1-10(12)11-8-13-9-14(11)4-3-5-16-7-6-15-2/h8-10H,3-7,12H2,1-2H3. The number of ether oxygens (including phenoxy) is 2. The van der Waals surface area contributed by atoms with Crippen molar-refractivity contribution in [2.75, 3.05) is 26.9 Å². The first kappa shape index (κ1) is 13.2. The fraction of sp³-hybridized carbons (Fsp3) is 0.727. The predicted molar refractivity (Wildman–Crippen MR) is 62.1 cm³/mol. The average Bonchev–Trinajstić information content (AvgIpc) is 2.71. The normalized spacial score (nSPS) is 12.9. The monoisotopic (exact) mass is 227 g/mol. The van der Waals surface area contributed by atoms with Crippen LogP contribution in [0.5, 0.6) is 0 Å². The number of hydrogen-bond donors (Lipinski definition) is 1. The van der Waals surface area contributed by atoms with Gasteiger partial charge in [0, 0.05) is 32.5 Å². The summed E-state index contributed by atoms with van der Waals surface area (Å²) in [6, 6.07) is 0.0249. The highest BCUT2D eigenvalue weighted by atomic mass is 16.5. The Kier molecular flexibility index (Phi) is 6.07. The second-order valence-electron chi connectivity index (χ2n) is 3.76. The van der Waals surface area contributed by atoms with Gasteiger partial charge in [0.2, 0.25) is 0 Å². The Balaban J connectivity index is 2.19. The summed E-state index contributed by atoms with van der Waals surface area (Å²) in [5.41, 5.74) is 6.89. The topological polar surface area (TPSA) is 62.3 Å². The minimum absolute atomic E-state index is 0.0249. The average molecular weight is 227 g/mol. The molecule has 0 aliphatic carbocycles. The van der Waals surface area contributed by atoms with E-state index in [0.29, 0.717) is 13.2 Å². The van der Waals surface area contributed by atoms with Gasteiger partial charge in [-0.3, -0.25) is 0 Å². The number of hydrogen-bond acceptors (Lipinski definition) is 4. The van der Waals surface area contributed by atoms with E-state index in [1.165, 1.54) is 0 Å². The van der Waals surface area contributed by atoms with Crippen LogP contribution in [0.25, 0.3) is 0 Å². The van der Waals surface area contributed by atoms with Crippen LogP contribution in [0.2, 0.25) is 0 Å². The van der Waals surface area contributed by atoms with Crippen LogP contribution in [-0.2, 0) is 16.0 Å². The van der Waals surface area contributed by atoms with Crippen molar-refractivity contribution < 1.29 is 9.47 Å². The lowest BCUT2D eigenvalue weighted by atomic mass is 10.2. The smallest absolute Gasteiger partial charge is 0.0948 e. The van der Waals surface area contributed by atoms with Crippen molar-refractivity contribution in [2.45, 2.75) is 25.9 Å². The Morgan fingerprint density at radius 1 is 1.44 bits per heavy atom. The van der Waals surface area contributed by atoms with Gasteiger partial charge in [0.05, 0.1) is 25.2 Å². The molecule has 0 radical (unpaired) electrons. The lowest BCUT2D eigenvalue weighted by molar-refractivity contribution is 0.0679. The van der Waals surface area contributed by atoms with E-state index in [-0.39, 0.29) is 6.04 Å². The molecule has 0 spiro atoms. The van der Waals surface area contributed by atoms with Gasteiger partial charge in [-0.2, -0.15) is 0 Å². The molecule has 92 valence electrons. The number of nitrogens with zero attached hydrogens (tertiary/aromatic N) is 2. The first-order chi connectivity index (χ1) is 7.75. The van der Waals surface area contributed by atoms with Crippen LogP contribution in [0.15, 0.2) is 12.5 Å². The number of nitrogens with two attached hydrogens (primary N) is 1. The largest absolute Gasteiger partial charge is 0.382 e. The van der Waals surface area contributed by atoms with Crippen LogP contribution in [0.3, 0.4) is 0 Å². The Hall–Kier alpha value is -0.910. The predicted octanol–water partition coefficient (Wildman–Crippen LogP) is 0.956. The third-order valence-corrected chi connectivity index (χ3v) is 2.33. The Bertz CT molecular complexity index is 287. The van der Waals surface area contributed by atoms with Crippen LogP contribution in [0.1, 0.15) is 25.1 Å². The molecule has 0 saturated carbocycles. The molecule has 1 aromatic rings. The van der Waals surface area contributed by atoms with E-state index in [4.69, 9.17) is 15.2 Å². The zero-order valence-electron chi connectivity index (χ0n) is 10.1. The van der Waals surface area contributed by atoms with E-state index in [0.717, 1.165) is 25.3 Å². The highest BCUT2D eigenvalue weighted by Crippen LogP contribution is 2.08. The maximum absolute atomic E-state index is 5.82. The molecule has 0 saturated heterocycles. The van der Waals surface area contributed by atoms with Crippen molar-refractivity contribution >= 4 is 0 Å². The van der Waals surface area contributed by atoms with Crippen LogP contribution in [0.4, 0.5) is 0 Å². The fourth-order valence-corrected chi connectivity index (χ4v) is 1.48. The van der Waals surface area contributed by atoms with Crippen molar-refractivity contribution in [1.82, 2.24) is 9.55 Å². The van der Waals surface area contributed by atoms with Gasteiger partial charge in [-0.15, -0.1) is 0 Å². The van der Waals surface area contributed by atoms with Crippen molar-refractivity contribution in [1.29, 1.82) is 0 Å². The van der Waals surface area contributed by atoms with E-state index in [9.17, 15) is 0 Å². The lowest BCUT2D eigenvalue weighted by Crippen LogP contribution is -2.13.